The second kappa shape index (κ2) is 17.2. The third-order valence-electron chi connectivity index (χ3n) is 6.86. The van der Waals surface area contributed by atoms with E-state index < -0.39 is 17.7 Å². The number of methoxy groups -OCH3 is 1. The molecule has 2 aromatic carbocycles. The zero-order valence-electron chi connectivity index (χ0n) is 27.5. The van der Waals surface area contributed by atoms with Crippen molar-refractivity contribution >= 4 is 29.3 Å². The van der Waals surface area contributed by atoms with Gasteiger partial charge < -0.3 is 34.3 Å². The maximum atomic E-state index is 13.1. The molecule has 0 unspecified atom stereocenters. The average Bonchev–Trinajstić information content (AvgIpc) is 3.35. The molecular formula is C33H43ClN6O7. The molecule has 0 fully saturated rings. The van der Waals surface area contributed by atoms with Gasteiger partial charge in [0.05, 0.1) is 64.6 Å². The van der Waals surface area contributed by atoms with E-state index in [-0.39, 0.29) is 12.3 Å². The highest BCUT2D eigenvalue weighted by Gasteiger charge is 2.30. The van der Waals surface area contributed by atoms with E-state index in [9.17, 15) is 9.59 Å². The minimum atomic E-state index is -0.593. The van der Waals surface area contributed by atoms with E-state index in [0.717, 1.165) is 16.8 Å². The number of carbonyl (C=O) groups is 2. The Balaban J connectivity index is 1.22. The Labute approximate surface area is 279 Å². The van der Waals surface area contributed by atoms with Crippen LogP contribution in [0.15, 0.2) is 47.5 Å². The molecule has 1 aliphatic heterocycles. The number of hydrogen-bond acceptors (Lipinski definition) is 10. The molecule has 0 saturated carbocycles. The first kappa shape index (κ1) is 35.8. The Hall–Kier alpha value is -4.04. The smallest absolute Gasteiger partial charge is 0.407 e. The Morgan fingerprint density at radius 1 is 0.894 bits per heavy atom. The predicted molar refractivity (Wildman–Crippen MR) is 177 cm³/mol. The normalized spacial score (nSPS) is 14.0. The number of alkyl carbamates (subject to hydrolysis) is 1. The van der Waals surface area contributed by atoms with Gasteiger partial charge in [-0.05, 0) is 58.0 Å². The lowest BCUT2D eigenvalue weighted by molar-refractivity contribution is -0.121. The van der Waals surface area contributed by atoms with Crippen molar-refractivity contribution in [3.63, 3.8) is 0 Å². The minimum Gasteiger partial charge on any atom is -0.497 e. The van der Waals surface area contributed by atoms with E-state index in [1.807, 2.05) is 54.0 Å². The topological polar surface area (TPSA) is 147 Å². The zero-order chi connectivity index (χ0) is 33.8. The summed E-state index contributed by atoms with van der Waals surface area (Å²) in [6.07, 6.45) is -0.407. The molecule has 254 valence electrons. The first-order valence-electron chi connectivity index (χ1n) is 15.5. The highest BCUT2D eigenvalue weighted by molar-refractivity contribution is 6.30. The number of amides is 2. The van der Waals surface area contributed by atoms with Gasteiger partial charge in [0.25, 0.3) is 0 Å². The second-order valence-corrected chi connectivity index (χ2v) is 12.1. The van der Waals surface area contributed by atoms with Crippen LogP contribution < -0.4 is 15.4 Å². The lowest BCUT2D eigenvalue weighted by Gasteiger charge is -2.19. The highest BCUT2D eigenvalue weighted by atomic mass is 35.5. The third-order valence-corrected chi connectivity index (χ3v) is 7.11. The SMILES string of the molecule is COc1ccc2c(c1)C(c1ccc(Cl)cc1)=N[C@@H](CC(=O)NCCOCCOCCOCCNC(=O)OC(C)(C)C)c1nnc(C)n1-2. The van der Waals surface area contributed by atoms with Gasteiger partial charge in [0, 0.05) is 29.2 Å². The average molecular weight is 671 g/mol. The number of ether oxygens (including phenoxy) is 5. The summed E-state index contributed by atoms with van der Waals surface area (Å²) in [5.41, 5.74) is 2.69. The number of benzene rings is 2. The van der Waals surface area contributed by atoms with Gasteiger partial charge >= 0.3 is 6.09 Å². The monoisotopic (exact) mass is 670 g/mol. The first-order valence-corrected chi connectivity index (χ1v) is 15.8. The molecule has 3 aromatic rings. The largest absolute Gasteiger partial charge is 0.497 e. The van der Waals surface area contributed by atoms with Crippen LogP contribution in [0.1, 0.15) is 56.0 Å². The van der Waals surface area contributed by atoms with E-state index >= 15 is 0 Å². The number of aliphatic imine (C=N–C) groups is 1. The zero-order valence-corrected chi connectivity index (χ0v) is 28.3. The van der Waals surface area contributed by atoms with Gasteiger partial charge in [-0.25, -0.2) is 4.79 Å². The predicted octanol–water partition coefficient (Wildman–Crippen LogP) is 4.21. The fourth-order valence-electron chi connectivity index (χ4n) is 4.77. The van der Waals surface area contributed by atoms with E-state index in [4.69, 9.17) is 40.3 Å². The van der Waals surface area contributed by atoms with E-state index in [0.29, 0.717) is 80.9 Å². The molecule has 0 saturated heterocycles. The Morgan fingerprint density at radius 3 is 2.17 bits per heavy atom. The van der Waals surface area contributed by atoms with Gasteiger partial charge in [-0.15, -0.1) is 10.2 Å². The number of halogens is 1. The number of fused-ring (bicyclic) bond motifs is 3. The van der Waals surface area contributed by atoms with Crippen LogP contribution in [0.25, 0.3) is 5.69 Å². The summed E-state index contributed by atoms with van der Waals surface area (Å²) in [5.74, 6) is 1.74. The number of aromatic nitrogens is 3. The molecule has 13 nitrogen and oxygen atoms in total. The van der Waals surface area contributed by atoms with Crippen LogP contribution in [0.2, 0.25) is 5.02 Å². The Bertz CT molecular complexity index is 1520. The number of carbonyl (C=O) groups excluding carboxylic acids is 2. The number of hydrogen-bond donors (Lipinski definition) is 2. The van der Waals surface area contributed by atoms with Crippen LogP contribution in [-0.4, -0.2) is 97.9 Å². The lowest BCUT2D eigenvalue weighted by atomic mass is 10.00. The number of nitrogens with zero attached hydrogens (tertiary/aromatic N) is 4. The second-order valence-electron chi connectivity index (χ2n) is 11.6. The van der Waals surface area contributed by atoms with Crippen LogP contribution in [0, 0.1) is 6.92 Å². The van der Waals surface area contributed by atoms with Crippen molar-refractivity contribution in [2.75, 3.05) is 59.8 Å². The van der Waals surface area contributed by atoms with Crippen LogP contribution in [0.5, 0.6) is 5.75 Å². The fraction of sp³-hybridized carbons (Fsp3) is 0.485. The van der Waals surface area contributed by atoms with Crippen LogP contribution in [0.3, 0.4) is 0 Å². The summed E-state index contributed by atoms with van der Waals surface area (Å²) < 4.78 is 29.1. The van der Waals surface area contributed by atoms with E-state index in [1.165, 1.54) is 0 Å². The molecule has 2 amide bonds. The summed E-state index contributed by atoms with van der Waals surface area (Å²) in [4.78, 5) is 29.7. The molecule has 1 aromatic heterocycles. The Kier molecular flexibility index (Phi) is 13.1. The maximum absolute atomic E-state index is 13.1. The molecule has 0 bridgehead atoms. The summed E-state index contributed by atoms with van der Waals surface area (Å²) in [6, 6.07) is 12.6. The van der Waals surface area contributed by atoms with Crippen LogP contribution >= 0.6 is 11.6 Å². The Morgan fingerprint density at radius 2 is 1.53 bits per heavy atom. The van der Waals surface area contributed by atoms with Gasteiger partial charge in [0.2, 0.25) is 5.91 Å². The van der Waals surface area contributed by atoms with Gasteiger partial charge in [-0.3, -0.25) is 14.4 Å². The molecule has 2 heterocycles. The minimum absolute atomic E-state index is 0.0662. The molecule has 14 heteroatoms. The highest BCUT2D eigenvalue weighted by Crippen LogP contribution is 2.34. The summed E-state index contributed by atoms with van der Waals surface area (Å²) >= 11 is 6.18. The summed E-state index contributed by atoms with van der Waals surface area (Å²) in [7, 11) is 1.62. The summed E-state index contributed by atoms with van der Waals surface area (Å²) in [5, 5.41) is 14.9. The molecule has 0 radical (unpaired) electrons. The van der Waals surface area contributed by atoms with Crippen molar-refractivity contribution < 1.29 is 33.3 Å². The van der Waals surface area contributed by atoms with Crippen molar-refractivity contribution in [1.82, 2.24) is 25.4 Å². The maximum Gasteiger partial charge on any atom is 0.407 e. The lowest BCUT2D eigenvalue weighted by Crippen LogP contribution is -2.34. The molecular weight excluding hydrogens is 628 g/mol. The molecule has 2 N–H and O–H groups in total. The molecule has 1 atom stereocenters. The van der Waals surface area contributed by atoms with Crippen LogP contribution in [0.4, 0.5) is 4.79 Å². The van der Waals surface area contributed by atoms with Crippen molar-refractivity contribution in [2.24, 2.45) is 4.99 Å². The molecule has 1 aliphatic rings. The van der Waals surface area contributed by atoms with Gasteiger partial charge in [0.1, 0.15) is 23.2 Å². The fourth-order valence-corrected chi connectivity index (χ4v) is 4.89. The van der Waals surface area contributed by atoms with Crippen molar-refractivity contribution in [2.45, 2.75) is 45.8 Å². The van der Waals surface area contributed by atoms with E-state index in [2.05, 4.69) is 20.8 Å². The van der Waals surface area contributed by atoms with Crippen molar-refractivity contribution in [3.05, 3.63) is 70.3 Å². The van der Waals surface area contributed by atoms with Gasteiger partial charge in [0.15, 0.2) is 5.82 Å². The number of aryl methyl sites for hydroxylation is 1. The number of rotatable bonds is 16. The molecule has 4 rings (SSSR count). The molecule has 47 heavy (non-hydrogen) atoms. The number of nitrogens with one attached hydrogen (secondary N) is 2. The van der Waals surface area contributed by atoms with E-state index in [1.54, 1.807) is 27.9 Å². The first-order chi connectivity index (χ1) is 22.6. The third kappa shape index (κ3) is 10.7. The quantitative estimate of drug-likeness (QED) is 0.214. The van der Waals surface area contributed by atoms with Crippen LogP contribution in [-0.2, 0) is 23.7 Å². The summed E-state index contributed by atoms with van der Waals surface area (Å²) in [6.45, 7) is 10.2. The molecule has 0 spiro atoms. The molecule has 0 aliphatic carbocycles. The standard InChI is InChI=1S/C33H43ClN6O7/c1-22-38-39-31-27(37-30(23-6-8-24(34)9-7-23)26-20-25(43-5)10-11-28(26)40(22)31)21-29(41)35-12-14-44-16-18-46-19-17-45-15-13-36-32(42)47-33(2,3)4/h6-11,20,27H,12-19,21H2,1-5H3,(H,35,41)(H,36,42)/t27-/m0/s1. The van der Waals surface area contributed by atoms with Gasteiger partial charge in [-0.1, -0.05) is 23.7 Å². The van der Waals surface area contributed by atoms with Crippen molar-refractivity contribution in [3.8, 4) is 11.4 Å². The van der Waals surface area contributed by atoms with Gasteiger partial charge in [-0.2, -0.15) is 0 Å². The van der Waals surface area contributed by atoms with Crippen molar-refractivity contribution in [1.29, 1.82) is 0 Å².